The highest BCUT2D eigenvalue weighted by Crippen LogP contribution is 2.19. The lowest BCUT2D eigenvalue weighted by Crippen LogP contribution is -2.42. The summed E-state index contributed by atoms with van der Waals surface area (Å²) in [5, 5.41) is 0.608. The van der Waals surface area contributed by atoms with Crippen molar-refractivity contribution in [3.63, 3.8) is 0 Å². The normalized spacial score (nSPS) is 20.2. The van der Waals surface area contributed by atoms with Crippen LogP contribution in [0.15, 0.2) is 29.5 Å². The van der Waals surface area contributed by atoms with E-state index in [1.807, 2.05) is 0 Å². The van der Waals surface area contributed by atoms with Crippen LogP contribution in [0.3, 0.4) is 0 Å². The number of fused-ring (bicyclic) bond motifs is 1. The number of hydrogen-bond acceptors (Lipinski definition) is 4. The SMILES string of the molecule is CC(C)N1CCC[C@@H](Cn2cnc3ncccc3c2=O)C1. The van der Waals surface area contributed by atoms with E-state index in [1.165, 1.54) is 19.4 Å². The smallest absolute Gasteiger partial charge is 0.262 e. The zero-order valence-electron chi connectivity index (χ0n) is 12.7. The second kappa shape index (κ2) is 5.93. The van der Waals surface area contributed by atoms with Crippen molar-refractivity contribution in [1.29, 1.82) is 0 Å². The lowest BCUT2D eigenvalue weighted by Gasteiger charge is -2.35. The molecule has 0 aromatic carbocycles. The number of likely N-dealkylation sites (tertiary alicyclic amines) is 1. The van der Waals surface area contributed by atoms with Crippen molar-refractivity contribution in [2.75, 3.05) is 13.1 Å². The Morgan fingerprint density at radius 3 is 3.05 bits per heavy atom. The van der Waals surface area contributed by atoms with Crippen LogP contribution in [0.2, 0.25) is 0 Å². The van der Waals surface area contributed by atoms with Crippen molar-refractivity contribution in [1.82, 2.24) is 19.4 Å². The molecule has 0 spiro atoms. The highest BCUT2D eigenvalue weighted by molar-refractivity contribution is 5.72. The van der Waals surface area contributed by atoms with E-state index in [9.17, 15) is 4.79 Å². The van der Waals surface area contributed by atoms with Gasteiger partial charge in [0.2, 0.25) is 0 Å². The van der Waals surface area contributed by atoms with Crippen molar-refractivity contribution >= 4 is 11.0 Å². The second-order valence-electron chi connectivity index (χ2n) is 6.17. The van der Waals surface area contributed by atoms with Crippen LogP contribution >= 0.6 is 0 Å². The molecule has 1 saturated heterocycles. The molecule has 0 radical (unpaired) electrons. The van der Waals surface area contributed by atoms with E-state index in [1.54, 1.807) is 29.2 Å². The van der Waals surface area contributed by atoms with Gasteiger partial charge in [-0.05, 0) is 51.3 Å². The van der Waals surface area contributed by atoms with E-state index >= 15 is 0 Å². The quantitative estimate of drug-likeness (QED) is 0.865. The Morgan fingerprint density at radius 1 is 1.38 bits per heavy atom. The van der Waals surface area contributed by atoms with Crippen LogP contribution in [0.1, 0.15) is 26.7 Å². The van der Waals surface area contributed by atoms with Gasteiger partial charge in [-0.25, -0.2) is 9.97 Å². The maximum absolute atomic E-state index is 12.5. The summed E-state index contributed by atoms with van der Waals surface area (Å²) in [6.07, 6.45) is 5.70. The first-order valence-electron chi connectivity index (χ1n) is 7.69. The van der Waals surface area contributed by atoms with E-state index in [0.29, 0.717) is 23.0 Å². The second-order valence-corrected chi connectivity index (χ2v) is 6.17. The molecule has 0 saturated carbocycles. The third-order valence-corrected chi connectivity index (χ3v) is 4.33. The minimum Gasteiger partial charge on any atom is -0.301 e. The Bertz CT molecular complexity index is 679. The Morgan fingerprint density at radius 2 is 2.24 bits per heavy atom. The molecule has 5 heteroatoms. The molecule has 0 amide bonds. The number of pyridine rings is 1. The number of rotatable bonds is 3. The Balaban J connectivity index is 1.82. The molecule has 1 aliphatic rings. The van der Waals surface area contributed by atoms with Gasteiger partial charge >= 0.3 is 0 Å². The first-order valence-corrected chi connectivity index (χ1v) is 7.69. The molecule has 3 rings (SSSR count). The maximum Gasteiger partial charge on any atom is 0.262 e. The van der Waals surface area contributed by atoms with Crippen LogP contribution in [0, 0.1) is 5.92 Å². The fraction of sp³-hybridized carbons (Fsp3) is 0.562. The molecule has 0 bridgehead atoms. The van der Waals surface area contributed by atoms with Crippen molar-refractivity contribution in [2.24, 2.45) is 5.92 Å². The molecule has 3 heterocycles. The van der Waals surface area contributed by atoms with Crippen LogP contribution in [0.4, 0.5) is 0 Å². The molecule has 21 heavy (non-hydrogen) atoms. The predicted molar refractivity (Wildman–Crippen MR) is 83.2 cm³/mol. The molecule has 1 fully saturated rings. The number of aromatic nitrogens is 3. The molecule has 0 unspecified atom stereocenters. The summed E-state index contributed by atoms with van der Waals surface area (Å²) in [4.78, 5) is 23.4. The third kappa shape index (κ3) is 2.97. The molecule has 2 aromatic heterocycles. The molecule has 5 nitrogen and oxygen atoms in total. The predicted octanol–water partition coefficient (Wildman–Crippen LogP) is 1.91. The summed E-state index contributed by atoms with van der Waals surface area (Å²) in [5.74, 6) is 0.523. The zero-order chi connectivity index (χ0) is 14.8. The van der Waals surface area contributed by atoms with Crippen LogP contribution in [0.25, 0.3) is 11.0 Å². The van der Waals surface area contributed by atoms with Gasteiger partial charge in [0.25, 0.3) is 5.56 Å². The fourth-order valence-electron chi connectivity index (χ4n) is 3.12. The van der Waals surface area contributed by atoms with Gasteiger partial charge < -0.3 is 4.90 Å². The summed E-state index contributed by atoms with van der Waals surface area (Å²) in [6.45, 7) is 7.45. The average Bonchev–Trinajstić information content (AvgIpc) is 2.51. The monoisotopic (exact) mass is 286 g/mol. The molecule has 1 atom stereocenters. The summed E-state index contributed by atoms with van der Waals surface area (Å²) in [6, 6.07) is 4.16. The zero-order valence-corrected chi connectivity index (χ0v) is 12.7. The van der Waals surface area contributed by atoms with Gasteiger partial charge in [0, 0.05) is 25.3 Å². The molecular formula is C16H22N4O. The molecule has 2 aromatic rings. The van der Waals surface area contributed by atoms with Crippen molar-refractivity contribution < 1.29 is 0 Å². The van der Waals surface area contributed by atoms with Crippen molar-refractivity contribution in [3.05, 3.63) is 35.0 Å². The lowest BCUT2D eigenvalue weighted by atomic mass is 9.97. The average molecular weight is 286 g/mol. The van der Waals surface area contributed by atoms with E-state index in [-0.39, 0.29) is 5.56 Å². The number of piperidine rings is 1. The summed E-state index contributed by atoms with van der Waals surface area (Å²) in [5.41, 5.74) is 0.556. The number of nitrogens with zero attached hydrogens (tertiary/aromatic N) is 4. The largest absolute Gasteiger partial charge is 0.301 e. The first-order chi connectivity index (χ1) is 10.1. The van der Waals surface area contributed by atoms with Crippen LogP contribution < -0.4 is 5.56 Å². The Kier molecular flexibility index (Phi) is 4.01. The minimum absolute atomic E-state index is 0.0229. The highest BCUT2D eigenvalue weighted by Gasteiger charge is 2.22. The van der Waals surface area contributed by atoms with Crippen LogP contribution in [-0.4, -0.2) is 38.6 Å². The summed E-state index contributed by atoms with van der Waals surface area (Å²) >= 11 is 0. The van der Waals surface area contributed by atoms with Crippen LogP contribution in [-0.2, 0) is 6.54 Å². The van der Waals surface area contributed by atoms with E-state index in [2.05, 4.69) is 28.7 Å². The third-order valence-electron chi connectivity index (χ3n) is 4.33. The van der Waals surface area contributed by atoms with Crippen LogP contribution in [0.5, 0.6) is 0 Å². The van der Waals surface area contributed by atoms with Gasteiger partial charge in [-0.15, -0.1) is 0 Å². The van der Waals surface area contributed by atoms with Crippen molar-refractivity contribution in [2.45, 2.75) is 39.3 Å². The van der Waals surface area contributed by atoms with Gasteiger partial charge in [-0.3, -0.25) is 9.36 Å². The molecular weight excluding hydrogens is 264 g/mol. The standard InChI is InChI=1S/C16H22N4O/c1-12(2)19-8-4-5-13(9-19)10-20-11-18-15-14(16(20)21)6-3-7-17-15/h3,6-7,11-13H,4-5,8-10H2,1-2H3/t13-/m1/s1. The topological polar surface area (TPSA) is 51.0 Å². The van der Waals surface area contributed by atoms with E-state index in [4.69, 9.17) is 0 Å². The van der Waals surface area contributed by atoms with Gasteiger partial charge in [0.15, 0.2) is 5.65 Å². The minimum atomic E-state index is 0.0229. The van der Waals surface area contributed by atoms with Gasteiger partial charge in [0.1, 0.15) is 0 Å². The lowest BCUT2D eigenvalue weighted by molar-refractivity contribution is 0.130. The Labute approximate surface area is 124 Å². The van der Waals surface area contributed by atoms with Gasteiger partial charge in [0.05, 0.1) is 11.7 Å². The van der Waals surface area contributed by atoms with Crippen molar-refractivity contribution in [3.8, 4) is 0 Å². The summed E-state index contributed by atoms with van der Waals surface area (Å²) < 4.78 is 1.75. The molecule has 0 N–H and O–H groups in total. The molecule has 112 valence electrons. The van der Waals surface area contributed by atoms with E-state index < -0.39 is 0 Å². The summed E-state index contributed by atoms with van der Waals surface area (Å²) in [7, 11) is 0. The van der Waals surface area contributed by atoms with Gasteiger partial charge in [-0.1, -0.05) is 0 Å². The molecule has 1 aliphatic heterocycles. The maximum atomic E-state index is 12.5. The van der Waals surface area contributed by atoms with Gasteiger partial charge in [-0.2, -0.15) is 0 Å². The molecule has 0 aliphatic carbocycles. The Hall–Kier alpha value is -1.75. The van der Waals surface area contributed by atoms with E-state index in [0.717, 1.165) is 13.1 Å². The number of hydrogen-bond donors (Lipinski definition) is 0. The first kappa shape index (κ1) is 14.2. The highest BCUT2D eigenvalue weighted by atomic mass is 16.1. The fourth-order valence-corrected chi connectivity index (χ4v) is 3.12.